The highest BCUT2D eigenvalue weighted by atomic mass is 16.6. The molecular formula is C16H24N4O3. The van der Waals surface area contributed by atoms with Gasteiger partial charge in [0.05, 0.1) is 0 Å². The SMILES string of the molecule is CCN(Cc1ccc2c(c1)OCCO2)C(=O)NCC1CCNN1. The molecule has 1 atom stereocenters. The van der Waals surface area contributed by atoms with Crippen molar-refractivity contribution >= 4 is 6.03 Å². The molecule has 23 heavy (non-hydrogen) atoms. The second-order valence-electron chi connectivity index (χ2n) is 5.73. The number of nitrogens with zero attached hydrogens (tertiary/aromatic N) is 1. The van der Waals surface area contributed by atoms with Gasteiger partial charge < -0.3 is 19.7 Å². The van der Waals surface area contributed by atoms with Gasteiger partial charge in [-0.05, 0) is 31.0 Å². The number of rotatable bonds is 5. The molecule has 0 bridgehead atoms. The van der Waals surface area contributed by atoms with Crippen LogP contribution >= 0.6 is 0 Å². The van der Waals surface area contributed by atoms with Gasteiger partial charge in [-0.3, -0.25) is 10.9 Å². The van der Waals surface area contributed by atoms with Gasteiger partial charge in [-0.15, -0.1) is 0 Å². The number of amides is 2. The molecule has 2 heterocycles. The fraction of sp³-hybridized carbons (Fsp3) is 0.562. The summed E-state index contributed by atoms with van der Waals surface area (Å²) >= 11 is 0. The number of hydrazine groups is 1. The maximum atomic E-state index is 12.3. The molecule has 1 aromatic rings. The smallest absolute Gasteiger partial charge is 0.317 e. The highest BCUT2D eigenvalue weighted by Gasteiger charge is 2.18. The summed E-state index contributed by atoms with van der Waals surface area (Å²) in [6.07, 6.45) is 1.02. The average Bonchev–Trinajstić information content (AvgIpc) is 3.11. The van der Waals surface area contributed by atoms with Gasteiger partial charge in [-0.2, -0.15) is 0 Å². The lowest BCUT2D eigenvalue weighted by Gasteiger charge is -2.24. The zero-order chi connectivity index (χ0) is 16.1. The van der Waals surface area contributed by atoms with Crippen LogP contribution in [0.25, 0.3) is 0 Å². The van der Waals surface area contributed by atoms with Crippen LogP contribution in [0.5, 0.6) is 11.5 Å². The lowest BCUT2D eigenvalue weighted by Crippen LogP contribution is -2.45. The molecule has 3 rings (SSSR count). The quantitative estimate of drug-likeness (QED) is 0.750. The third kappa shape index (κ3) is 4.05. The van der Waals surface area contributed by atoms with Crippen molar-refractivity contribution in [2.75, 3.05) is 32.8 Å². The predicted molar refractivity (Wildman–Crippen MR) is 86.5 cm³/mol. The van der Waals surface area contributed by atoms with Crippen LogP contribution in [-0.4, -0.2) is 49.8 Å². The minimum atomic E-state index is -0.0453. The Kier molecular flexibility index (Phi) is 5.19. The standard InChI is InChI=1S/C16H24N4O3/c1-2-20(16(21)17-10-13-5-6-18-19-13)11-12-3-4-14-15(9-12)23-8-7-22-14/h3-4,9,13,18-19H,2,5-8,10-11H2,1H3,(H,17,21). The number of ether oxygens (including phenoxy) is 2. The molecule has 1 fully saturated rings. The van der Waals surface area contributed by atoms with E-state index in [4.69, 9.17) is 9.47 Å². The van der Waals surface area contributed by atoms with E-state index in [1.165, 1.54) is 0 Å². The Labute approximate surface area is 136 Å². The second kappa shape index (κ2) is 7.52. The molecule has 2 aliphatic heterocycles. The van der Waals surface area contributed by atoms with Crippen LogP contribution in [0.3, 0.4) is 0 Å². The first-order valence-electron chi connectivity index (χ1n) is 8.16. The third-order valence-electron chi connectivity index (χ3n) is 4.07. The lowest BCUT2D eigenvalue weighted by atomic mass is 10.2. The van der Waals surface area contributed by atoms with Crippen LogP contribution < -0.4 is 25.6 Å². The van der Waals surface area contributed by atoms with Gasteiger partial charge in [0, 0.05) is 32.2 Å². The molecular weight excluding hydrogens is 296 g/mol. The molecule has 2 aliphatic rings. The number of carbonyl (C=O) groups is 1. The summed E-state index contributed by atoms with van der Waals surface area (Å²) in [6.45, 7) is 5.90. The molecule has 0 radical (unpaired) electrons. The number of benzene rings is 1. The number of fused-ring (bicyclic) bond motifs is 1. The van der Waals surface area contributed by atoms with Crippen molar-refractivity contribution < 1.29 is 14.3 Å². The van der Waals surface area contributed by atoms with Gasteiger partial charge in [-0.1, -0.05) is 6.07 Å². The molecule has 2 amide bonds. The maximum absolute atomic E-state index is 12.3. The molecule has 1 unspecified atom stereocenters. The molecule has 1 saturated heterocycles. The first-order valence-corrected chi connectivity index (χ1v) is 8.16. The molecule has 1 aromatic carbocycles. The Morgan fingerprint density at radius 2 is 2.17 bits per heavy atom. The Morgan fingerprint density at radius 3 is 2.91 bits per heavy atom. The number of hydrogen-bond donors (Lipinski definition) is 3. The van der Waals surface area contributed by atoms with Crippen molar-refractivity contribution in [1.82, 2.24) is 21.1 Å². The molecule has 0 aromatic heterocycles. The number of urea groups is 1. The molecule has 0 aliphatic carbocycles. The topological polar surface area (TPSA) is 74.9 Å². The number of carbonyl (C=O) groups excluding carboxylic acids is 1. The van der Waals surface area contributed by atoms with Gasteiger partial charge in [0.1, 0.15) is 13.2 Å². The summed E-state index contributed by atoms with van der Waals surface area (Å²) in [5.41, 5.74) is 7.24. The molecule has 126 valence electrons. The van der Waals surface area contributed by atoms with Crippen molar-refractivity contribution in [3.05, 3.63) is 23.8 Å². The van der Waals surface area contributed by atoms with Crippen molar-refractivity contribution in [2.24, 2.45) is 0 Å². The van der Waals surface area contributed by atoms with Gasteiger partial charge in [0.15, 0.2) is 11.5 Å². The fourth-order valence-electron chi connectivity index (χ4n) is 2.74. The Balaban J connectivity index is 1.56. The summed E-state index contributed by atoms with van der Waals surface area (Å²) < 4.78 is 11.1. The Morgan fingerprint density at radius 1 is 1.35 bits per heavy atom. The first kappa shape index (κ1) is 15.9. The first-order chi connectivity index (χ1) is 11.3. The maximum Gasteiger partial charge on any atom is 0.317 e. The third-order valence-corrected chi connectivity index (χ3v) is 4.07. The number of nitrogens with one attached hydrogen (secondary N) is 3. The fourth-order valence-corrected chi connectivity index (χ4v) is 2.74. The van der Waals surface area contributed by atoms with E-state index >= 15 is 0 Å². The van der Waals surface area contributed by atoms with Crippen molar-refractivity contribution in [2.45, 2.75) is 25.9 Å². The summed E-state index contributed by atoms with van der Waals surface area (Å²) in [5.74, 6) is 1.53. The second-order valence-corrected chi connectivity index (χ2v) is 5.73. The zero-order valence-corrected chi connectivity index (χ0v) is 13.4. The normalized spacial score (nSPS) is 19.4. The minimum absolute atomic E-state index is 0.0453. The summed E-state index contributed by atoms with van der Waals surface area (Å²) in [5, 5.41) is 2.99. The van der Waals surface area contributed by atoms with E-state index in [-0.39, 0.29) is 6.03 Å². The minimum Gasteiger partial charge on any atom is -0.486 e. The van der Waals surface area contributed by atoms with E-state index in [0.717, 1.165) is 30.0 Å². The van der Waals surface area contributed by atoms with Crippen molar-refractivity contribution in [3.8, 4) is 11.5 Å². The highest BCUT2D eigenvalue weighted by Crippen LogP contribution is 2.31. The van der Waals surface area contributed by atoms with Crippen LogP contribution in [-0.2, 0) is 6.54 Å². The highest BCUT2D eigenvalue weighted by molar-refractivity contribution is 5.74. The Bertz CT molecular complexity index is 546. The van der Waals surface area contributed by atoms with Crippen LogP contribution in [0.2, 0.25) is 0 Å². The van der Waals surface area contributed by atoms with Crippen LogP contribution in [0.4, 0.5) is 4.79 Å². The van der Waals surface area contributed by atoms with Crippen LogP contribution in [0, 0.1) is 0 Å². The average molecular weight is 320 g/mol. The van der Waals surface area contributed by atoms with Crippen LogP contribution in [0.15, 0.2) is 18.2 Å². The van der Waals surface area contributed by atoms with E-state index in [9.17, 15) is 4.79 Å². The van der Waals surface area contributed by atoms with Crippen molar-refractivity contribution in [3.63, 3.8) is 0 Å². The van der Waals surface area contributed by atoms with Crippen LogP contribution in [0.1, 0.15) is 18.9 Å². The molecule has 0 saturated carbocycles. The predicted octanol–water partition coefficient (Wildman–Crippen LogP) is 0.856. The zero-order valence-electron chi connectivity index (χ0n) is 13.4. The van der Waals surface area contributed by atoms with Gasteiger partial charge in [-0.25, -0.2) is 4.79 Å². The van der Waals surface area contributed by atoms with Crippen molar-refractivity contribution in [1.29, 1.82) is 0 Å². The van der Waals surface area contributed by atoms with E-state index in [1.807, 2.05) is 25.1 Å². The van der Waals surface area contributed by atoms with E-state index in [2.05, 4.69) is 16.2 Å². The van der Waals surface area contributed by atoms with E-state index in [0.29, 0.717) is 38.9 Å². The van der Waals surface area contributed by atoms with E-state index in [1.54, 1.807) is 4.90 Å². The summed E-state index contributed by atoms with van der Waals surface area (Å²) in [6, 6.07) is 6.09. The van der Waals surface area contributed by atoms with E-state index < -0.39 is 0 Å². The van der Waals surface area contributed by atoms with Gasteiger partial charge >= 0.3 is 6.03 Å². The monoisotopic (exact) mass is 320 g/mol. The molecule has 7 nitrogen and oxygen atoms in total. The molecule has 3 N–H and O–H groups in total. The summed E-state index contributed by atoms with van der Waals surface area (Å²) in [7, 11) is 0. The number of hydrogen-bond acceptors (Lipinski definition) is 5. The Hall–Kier alpha value is -1.99. The summed E-state index contributed by atoms with van der Waals surface area (Å²) in [4.78, 5) is 14.1. The largest absolute Gasteiger partial charge is 0.486 e. The van der Waals surface area contributed by atoms with Gasteiger partial charge in [0.25, 0.3) is 0 Å². The molecule has 0 spiro atoms. The molecule has 7 heteroatoms. The van der Waals surface area contributed by atoms with Gasteiger partial charge in [0.2, 0.25) is 0 Å². The lowest BCUT2D eigenvalue weighted by molar-refractivity contribution is 0.171.